The number of H-pyrrole nitrogens is 1. The monoisotopic (exact) mass is 306 g/mol. The Morgan fingerprint density at radius 1 is 1.36 bits per heavy atom. The van der Waals surface area contributed by atoms with Crippen molar-refractivity contribution in [2.75, 3.05) is 13.1 Å². The molecule has 1 unspecified atom stereocenters. The van der Waals surface area contributed by atoms with Crippen molar-refractivity contribution in [2.24, 2.45) is 7.05 Å². The van der Waals surface area contributed by atoms with Crippen LogP contribution in [0.15, 0.2) is 24.8 Å². The zero-order chi connectivity index (χ0) is 15.8. The molecule has 0 aliphatic carbocycles. The van der Waals surface area contributed by atoms with Crippen LogP contribution in [0.3, 0.4) is 0 Å². The fourth-order valence-corrected chi connectivity index (χ4v) is 2.29. The number of aromatic amines is 1. The molecule has 4 N–H and O–H groups in total. The lowest BCUT2D eigenvalue weighted by Crippen LogP contribution is -2.28. The lowest BCUT2D eigenvalue weighted by atomic mass is 10.1. The van der Waals surface area contributed by atoms with Crippen LogP contribution in [-0.2, 0) is 13.5 Å². The molecule has 8 nitrogen and oxygen atoms in total. The number of imidazole rings is 2. The molecule has 2 aromatic heterocycles. The Morgan fingerprint density at radius 3 is 2.82 bits per heavy atom. The van der Waals surface area contributed by atoms with Gasteiger partial charge in [0.2, 0.25) is 0 Å². The first-order valence-electron chi connectivity index (χ1n) is 7.32. The standard InChI is InChI=1S/C14H22N6O2/c1-20-9-8-18-13(20)11(10-12-16-6-7-17-12)15-4-2-3-5-19-14(21)22/h6-9,11,15,19H,2-5,10H2,1H3,(H,16,17)(H,21,22). The average molecular weight is 306 g/mol. The van der Waals surface area contributed by atoms with Crippen LogP contribution in [0.5, 0.6) is 0 Å². The Kier molecular flexibility index (Phi) is 5.96. The molecule has 1 atom stereocenters. The lowest BCUT2D eigenvalue weighted by Gasteiger charge is -2.17. The normalized spacial score (nSPS) is 12.2. The highest BCUT2D eigenvalue weighted by molar-refractivity contribution is 5.64. The van der Waals surface area contributed by atoms with Crippen molar-refractivity contribution in [3.05, 3.63) is 36.4 Å². The molecule has 0 aromatic carbocycles. The number of hydrogen-bond donors (Lipinski definition) is 4. The second kappa shape index (κ2) is 8.18. The van der Waals surface area contributed by atoms with E-state index >= 15 is 0 Å². The number of nitrogens with zero attached hydrogens (tertiary/aromatic N) is 3. The van der Waals surface area contributed by atoms with Crippen molar-refractivity contribution >= 4 is 6.09 Å². The van der Waals surface area contributed by atoms with Crippen molar-refractivity contribution in [1.82, 2.24) is 30.2 Å². The van der Waals surface area contributed by atoms with Gasteiger partial charge >= 0.3 is 6.09 Å². The first kappa shape index (κ1) is 16.0. The Bertz CT molecular complexity index is 566. The Labute approximate surface area is 129 Å². The predicted octanol–water partition coefficient (Wildman–Crippen LogP) is 1.06. The van der Waals surface area contributed by atoms with Gasteiger partial charge in [-0.15, -0.1) is 0 Å². The van der Waals surface area contributed by atoms with Crippen LogP contribution in [0.25, 0.3) is 0 Å². The number of amides is 1. The van der Waals surface area contributed by atoms with E-state index < -0.39 is 6.09 Å². The minimum atomic E-state index is -0.975. The molecule has 0 saturated carbocycles. The molecule has 1 amide bonds. The number of nitrogens with one attached hydrogen (secondary N) is 3. The zero-order valence-corrected chi connectivity index (χ0v) is 12.6. The summed E-state index contributed by atoms with van der Waals surface area (Å²) in [6.45, 7) is 1.27. The van der Waals surface area contributed by atoms with Gasteiger partial charge in [-0.05, 0) is 19.4 Å². The van der Waals surface area contributed by atoms with E-state index in [2.05, 4.69) is 25.6 Å². The summed E-state index contributed by atoms with van der Waals surface area (Å²) in [5.41, 5.74) is 0. The Hall–Kier alpha value is -2.35. The molecule has 0 fully saturated rings. The highest BCUT2D eigenvalue weighted by Crippen LogP contribution is 2.14. The van der Waals surface area contributed by atoms with Gasteiger partial charge in [0.1, 0.15) is 11.6 Å². The van der Waals surface area contributed by atoms with Crippen molar-refractivity contribution in [3.8, 4) is 0 Å². The average Bonchev–Trinajstić information content (AvgIpc) is 3.12. The summed E-state index contributed by atoms with van der Waals surface area (Å²) in [5, 5.41) is 14.3. The first-order valence-corrected chi connectivity index (χ1v) is 7.32. The first-order chi connectivity index (χ1) is 10.7. The summed E-state index contributed by atoms with van der Waals surface area (Å²) in [7, 11) is 1.97. The Balaban J connectivity index is 1.83. The van der Waals surface area contributed by atoms with E-state index in [4.69, 9.17) is 5.11 Å². The topological polar surface area (TPSA) is 108 Å². The predicted molar refractivity (Wildman–Crippen MR) is 81.5 cm³/mol. The van der Waals surface area contributed by atoms with E-state index in [-0.39, 0.29) is 6.04 Å². The van der Waals surface area contributed by atoms with E-state index in [0.717, 1.165) is 37.5 Å². The van der Waals surface area contributed by atoms with Crippen LogP contribution in [-0.4, -0.2) is 43.8 Å². The fraction of sp³-hybridized carbons (Fsp3) is 0.500. The van der Waals surface area contributed by atoms with Crippen LogP contribution in [0.1, 0.15) is 30.5 Å². The molecule has 0 aliphatic rings. The second-order valence-corrected chi connectivity index (χ2v) is 5.08. The van der Waals surface area contributed by atoms with Crippen LogP contribution in [0.2, 0.25) is 0 Å². The van der Waals surface area contributed by atoms with E-state index in [9.17, 15) is 4.79 Å². The van der Waals surface area contributed by atoms with Crippen molar-refractivity contribution in [2.45, 2.75) is 25.3 Å². The summed E-state index contributed by atoms with van der Waals surface area (Å²) >= 11 is 0. The smallest absolute Gasteiger partial charge is 0.404 e. The van der Waals surface area contributed by atoms with Crippen LogP contribution in [0, 0.1) is 0 Å². The maximum absolute atomic E-state index is 10.4. The van der Waals surface area contributed by atoms with E-state index in [1.807, 2.05) is 24.0 Å². The second-order valence-electron chi connectivity index (χ2n) is 5.08. The van der Waals surface area contributed by atoms with Crippen LogP contribution in [0.4, 0.5) is 4.79 Å². The van der Waals surface area contributed by atoms with Crippen LogP contribution < -0.4 is 10.6 Å². The third kappa shape index (κ3) is 4.88. The number of hydrogen-bond acceptors (Lipinski definition) is 4. The van der Waals surface area contributed by atoms with Gasteiger partial charge in [0.15, 0.2) is 0 Å². The summed E-state index contributed by atoms with van der Waals surface area (Å²) in [4.78, 5) is 22.1. The molecule has 8 heteroatoms. The van der Waals surface area contributed by atoms with Gasteiger partial charge in [0.25, 0.3) is 0 Å². The summed E-state index contributed by atoms with van der Waals surface area (Å²) < 4.78 is 1.99. The van der Waals surface area contributed by atoms with Crippen molar-refractivity contribution in [3.63, 3.8) is 0 Å². The fourth-order valence-electron chi connectivity index (χ4n) is 2.29. The van der Waals surface area contributed by atoms with Crippen molar-refractivity contribution < 1.29 is 9.90 Å². The number of unbranched alkanes of at least 4 members (excludes halogenated alkanes) is 1. The number of carboxylic acid groups (broad SMARTS) is 1. The number of aryl methyl sites for hydroxylation is 1. The summed E-state index contributed by atoms with van der Waals surface area (Å²) in [6, 6.07) is 0.0681. The van der Waals surface area contributed by atoms with Crippen LogP contribution >= 0.6 is 0 Å². The molecule has 0 aliphatic heterocycles. The third-order valence-corrected chi connectivity index (χ3v) is 3.39. The maximum atomic E-state index is 10.4. The molecule has 22 heavy (non-hydrogen) atoms. The zero-order valence-electron chi connectivity index (χ0n) is 12.6. The number of rotatable bonds is 9. The SMILES string of the molecule is Cn1ccnc1C(Cc1ncc[nH]1)NCCCCNC(=O)O. The number of aromatic nitrogens is 4. The minimum Gasteiger partial charge on any atom is -0.465 e. The van der Waals surface area contributed by atoms with Gasteiger partial charge in [0.05, 0.1) is 6.04 Å². The van der Waals surface area contributed by atoms with E-state index in [1.54, 1.807) is 12.4 Å². The summed E-state index contributed by atoms with van der Waals surface area (Å²) in [6.07, 6.45) is 8.69. The molecule has 0 spiro atoms. The molecular formula is C14H22N6O2. The highest BCUT2D eigenvalue weighted by atomic mass is 16.4. The molecular weight excluding hydrogens is 284 g/mol. The summed E-state index contributed by atoms with van der Waals surface area (Å²) in [5.74, 6) is 1.87. The molecule has 120 valence electrons. The maximum Gasteiger partial charge on any atom is 0.404 e. The Morgan fingerprint density at radius 2 is 2.18 bits per heavy atom. The van der Waals surface area contributed by atoms with Gasteiger partial charge in [-0.25, -0.2) is 14.8 Å². The lowest BCUT2D eigenvalue weighted by molar-refractivity contribution is 0.194. The van der Waals surface area contributed by atoms with Gasteiger partial charge in [-0.2, -0.15) is 0 Å². The highest BCUT2D eigenvalue weighted by Gasteiger charge is 2.17. The molecule has 0 bridgehead atoms. The van der Waals surface area contributed by atoms with Gasteiger partial charge < -0.3 is 25.3 Å². The minimum absolute atomic E-state index is 0.0681. The molecule has 2 rings (SSSR count). The van der Waals surface area contributed by atoms with E-state index in [0.29, 0.717) is 6.54 Å². The quantitative estimate of drug-likeness (QED) is 0.518. The van der Waals surface area contributed by atoms with Gasteiger partial charge in [-0.1, -0.05) is 0 Å². The third-order valence-electron chi connectivity index (χ3n) is 3.39. The molecule has 0 radical (unpaired) electrons. The largest absolute Gasteiger partial charge is 0.465 e. The van der Waals surface area contributed by atoms with Gasteiger partial charge in [-0.3, -0.25) is 0 Å². The van der Waals surface area contributed by atoms with Crippen molar-refractivity contribution in [1.29, 1.82) is 0 Å². The molecule has 2 heterocycles. The molecule has 2 aromatic rings. The molecule has 0 saturated heterocycles. The number of carbonyl (C=O) groups is 1. The van der Waals surface area contributed by atoms with E-state index in [1.165, 1.54) is 0 Å². The van der Waals surface area contributed by atoms with Gasteiger partial charge in [0, 0.05) is 44.8 Å².